The van der Waals surface area contributed by atoms with Gasteiger partial charge in [0.15, 0.2) is 0 Å². The van der Waals surface area contributed by atoms with Crippen molar-refractivity contribution in [3.63, 3.8) is 0 Å². The summed E-state index contributed by atoms with van der Waals surface area (Å²) in [6, 6.07) is 11.0. The van der Waals surface area contributed by atoms with E-state index < -0.39 is 0 Å². The fraction of sp³-hybridized carbons (Fsp3) is 0.375. The van der Waals surface area contributed by atoms with Crippen molar-refractivity contribution in [1.82, 2.24) is 35.5 Å². The number of halogens is 1. The molecule has 2 N–H and O–H groups in total. The van der Waals surface area contributed by atoms with Gasteiger partial charge in [0.05, 0.1) is 28.7 Å². The Hall–Kier alpha value is -3.66. The van der Waals surface area contributed by atoms with Gasteiger partial charge < -0.3 is 9.88 Å². The molecule has 0 saturated carbocycles. The van der Waals surface area contributed by atoms with Gasteiger partial charge in [-0.2, -0.15) is 5.21 Å². The predicted molar refractivity (Wildman–Crippen MR) is 128 cm³/mol. The molecule has 0 atom stereocenters. The third kappa shape index (κ3) is 4.54. The number of aromatic amines is 2. The number of H-pyrrole nitrogens is 2. The summed E-state index contributed by atoms with van der Waals surface area (Å²) in [5, 5.41) is 14.7. The number of nitrogens with zero attached hydrogens (tertiary/aromatic N) is 6. The second kappa shape index (κ2) is 9.30. The minimum Gasteiger partial charge on any atom is -0.368 e. The largest absolute Gasteiger partial charge is 0.368 e. The molecule has 0 spiro atoms. The van der Waals surface area contributed by atoms with E-state index in [2.05, 4.69) is 54.2 Å². The molecule has 0 bridgehead atoms. The van der Waals surface area contributed by atoms with Gasteiger partial charge in [-0.3, -0.25) is 9.69 Å². The first-order chi connectivity index (χ1) is 16.5. The van der Waals surface area contributed by atoms with Gasteiger partial charge in [0, 0.05) is 26.2 Å². The zero-order valence-electron chi connectivity index (χ0n) is 19.3. The first-order valence-electron chi connectivity index (χ1n) is 11.5. The molecule has 4 aromatic rings. The molecule has 3 heterocycles. The molecule has 0 amide bonds. The number of piperazine rings is 1. The van der Waals surface area contributed by atoms with Gasteiger partial charge in [-0.1, -0.05) is 26.0 Å². The fourth-order valence-electron chi connectivity index (χ4n) is 4.54. The van der Waals surface area contributed by atoms with E-state index in [1.165, 1.54) is 0 Å². The summed E-state index contributed by atoms with van der Waals surface area (Å²) in [5.74, 6) is 0.977. The maximum Gasteiger partial charge on any atom is 0.258 e. The molecule has 2 aromatic carbocycles. The van der Waals surface area contributed by atoms with Crippen LogP contribution in [0.2, 0.25) is 0 Å². The van der Waals surface area contributed by atoms with Gasteiger partial charge in [0.1, 0.15) is 11.6 Å². The number of tetrazole rings is 1. The second-order valence-corrected chi connectivity index (χ2v) is 9.10. The number of aromatic nitrogens is 6. The molecular formula is C24H27FN8O. The van der Waals surface area contributed by atoms with Crippen LogP contribution in [0.25, 0.3) is 22.3 Å². The monoisotopic (exact) mass is 462 g/mol. The lowest BCUT2D eigenvalue weighted by Gasteiger charge is -2.36. The van der Waals surface area contributed by atoms with Crippen molar-refractivity contribution < 1.29 is 4.39 Å². The minimum atomic E-state index is -0.338. The van der Waals surface area contributed by atoms with Crippen molar-refractivity contribution in [3.8, 4) is 11.4 Å². The van der Waals surface area contributed by atoms with Crippen molar-refractivity contribution in [1.29, 1.82) is 0 Å². The highest BCUT2D eigenvalue weighted by Gasteiger charge is 2.25. The van der Waals surface area contributed by atoms with Crippen LogP contribution >= 0.6 is 0 Å². The third-order valence-electron chi connectivity index (χ3n) is 6.09. The van der Waals surface area contributed by atoms with Gasteiger partial charge >= 0.3 is 0 Å². The zero-order valence-corrected chi connectivity index (χ0v) is 19.3. The predicted octanol–water partition coefficient (Wildman–Crippen LogP) is 2.76. The Morgan fingerprint density at radius 1 is 1.12 bits per heavy atom. The summed E-state index contributed by atoms with van der Waals surface area (Å²) < 4.78 is 15.2. The van der Waals surface area contributed by atoms with Crippen LogP contribution in [-0.4, -0.2) is 61.7 Å². The summed E-state index contributed by atoms with van der Waals surface area (Å²) >= 11 is 0. The number of nitrogens with one attached hydrogen (secondary N) is 2. The third-order valence-corrected chi connectivity index (χ3v) is 6.09. The Morgan fingerprint density at radius 2 is 1.91 bits per heavy atom. The summed E-state index contributed by atoms with van der Waals surface area (Å²) in [5.41, 5.74) is 2.68. The lowest BCUT2D eigenvalue weighted by molar-refractivity contribution is 0.244. The van der Waals surface area contributed by atoms with Crippen LogP contribution in [0.1, 0.15) is 25.2 Å². The van der Waals surface area contributed by atoms with Crippen LogP contribution in [0.4, 0.5) is 10.1 Å². The first-order valence-corrected chi connectivity index (χ1v) is 11.5. The molecule has 9 nitrogen and oxygen atoms in total. The lowest BCUT2D eigenvalue weighted by atomic mass is 9.98. The number of fused-ring (bicyclic) bond motifs is 1. The van der Waals surface area contributed by atoms with Crippen molar-refractivity contribution in [2.75, 3.05) is 31.1 Å². The van der Waals surface area contributed by atoms with Crippen molar-refractivity contribution in [2.45, 2.75) is 26.8 Å². The highest BCUT2D eigenvalue weighted by molar-refractivity contribution is 5.77. The highest BCUT2D eigenvalue weighted by atomic mass is 19.1. The van der Waals surface area contributed by atoms with Crippen LogP contribution in [0, 0.1) is 11.7 Å². The average molecular weight is 463 g/mol. The average Bonchev–Trinajstić information content (AvgIpc) is 3.33. The summed E-state index contributed by atoms with van der Waals surface area (Å²) in [6.45, 7) is 7.69. The van der Waals surface area contributed by atoms with Crippen LogP contribution in [0.5, 0.6) is 0 Å². The molecule has 1 aliphatic heterocycles. The molecule has 0 radical (unpaired) electrons. The molecule has 0 unspecified atom stereocenters. The van der Waals surface area contributed by atoms with E-state index >= 15 is 4.39 Å². The summed E-state index contributed by atoms with van der Waals surface area (Å²) in [7, 11) is 0. The van der Waals surface area contributed by atoms with Crippen LogP contribution in [0.3, 0.4) is 0 Å². The van der Waals surface area contributed by atoms with Gasteiger partial charge in [-0.25, -0.2) is 9.37 Å². The minimum absolute atomic E-state index is 0.124. The van der Waals surface area contributed by atoms with Gasteiger partial charge in [0.2, 0.25) is 5.82 Å². The topological polar surface area (TPSA) is 107 Å². The standard InChI is InChI=1S/C24H27FN8O/c1-15(2)11-16-12-18(25)22(23-28-30-31-29-23)20(13-16)33-9-7-32(8-10-33)14-21-26-19-6-4-3-5-17(19)24(34)27-21/h3-6,12-13,15H,7-11,14H2,1-2H3,(H,26,27,34)(H,28,29,30,31). The molecule has 5 rings (SSSR count). The SMILES string of the molecule is CC(C)Cc1cc(F)c(-c2nn[nH]n2)c(N2CCN(Cc3nc4ccccc4c(=O)[nH]3)CC2)c1. The summed E-state index contributed by atoms with van der Waals surface area (Å²) in [4.78, 5) is 24.3. The second-order valence-electron chi connectivity index (χ2n) is 9.10. The Balaban J connectivity index is 1.36. The van der Waals surface area contributed by atoms with Crippen LogP contribution in [-0.2, 0) is 13.0 Å². The van der Waals surface area contributed by atoms with E-state index in [0.717, 1.165) is 30.8 Å². The molecule has 0 aliphatic carbocycles. The maximum atomic E-state index is 15.2. The Morgan fingerprint density at radius 3 is 2.65 bits per heavy atom. The number of hydrogen-bond donors (Lipinski definition) is 2. The van der Waals surface area contributed by atoms with E-state index in [4.69, 9.17) is 0 Å². The molecule has 34 heavy (non-hydrogen) atoms. The number of hydrogen-bond acceptors (Lipinski definition) is 7. The maximum absolute atomic E-state index is 15.2. The van der Waals surface area contributed by atoms with Gasteiger partial charge in [0.25, 0.3) is 5.56 Å². The normalized spacial score (nSPS) is 14.9. The van der Waals surface area contributed by atoms with E-state index in [1.807, 2.05) is 24.3 Å². The number of para-hydroxylation sites is 1. The Bertz CT molecular complexity index is 1340. The van der Waals surface area contributed by atoms with E-state index in [-0.39, 0.29) is 17.2 Å². The lowest BCUT2D eigenvalue weighted by Crippen LogP contribution is -2.46. The van der Waals surface area contributed by atoms with E-state index in [9.17, 15) is 4.79 Å². The van der Waals surface area contributed by atoms with E-state index in [1.54, 1.807) is 12.1 Å². The Labute approximate surface area is 196 Å². The zero-order chi connectivity index (χ0) is 23.7. The number of anilines is 1. The first kappa shape index (κ1) is 22.1. The molecular weight excluding hydrogens is 435 g/mol. The number of rotatable bonds is 6. The molecule has 176 valence electrons. The molecule has 1 fully saturated rings. The fourth-order valence-corrected chi connectivity index (χ4v) is 4.54. The van der Waals surface area contributed by atoms with Crippen molar-refractivity contribution >= 4 is 16.6 Å². The van der Waals surface area contributed by atoms with Crippen LogP contribution < -0.4 is 10.5 Å². The van der Waals surface area contributed by atoms with Gasteiger partial charge in [-0.15, -0.1) is 10.2 Å². The summed E-state index contributed by atoms with van der Waals surface area (Å²) in [6.07, 6.45) is 0.789. The molecule has 1 aliphatic rings. The van der Waals surface area contributed by atoms with Crippen molar-refractivity contribution in [3.05, 3.63) is 64.0 Å². The molecule has 2 aromatic heterocycles. The smallest absolute Gasteiger partial charge is 0.258 e. The Kier molecular flexibility index (Phi) is 6.06. The highest BCUT2D eigenvalue weighted by Crippen LogP contribution is 2.34. The van der Waals surface area contributed by atoms with Crippen LogP contribution in [0.15, 0.2) is 41.2 Å². The van der Waals surface area contributed by atoms with Crippen molar-refractivity contribution in [2.24, 2.45) is 5.92 Å². The number of benzene rings is 2. The quantitative estimate of drug-likeness (QED) is 0.454. The van der Waals surface area contributed by atoms with E-state index in [0.29, 0.717) is 47.8 Å². The molecule has 10 heteroatoms. The molecule has 1 saturated heterocycles. The van der Waals surface area contributed by atoms with Gasteiger partial charge in [-0.05, 0) is 47.4 Å².